The van der Waals surface area contributed by atoms with Gasteiger partial charge in [0.15, 0.2) is 5.78 Å². The standard InChI is InChI=1S/C24H30N2O2S/c1-17-15-23(18(2)26(17)14-13-20-7-5-4-6-8-20)24(28)16-29-22-11-9-21(10-12-22)25-19(3)27/h7,9-12,15H,4-6,8,13-14,16H2,1-3H3,(H,25,27). The van der Waals surface area contributed by atoms with Gasteiger partial charge in [0.05, 0.1) is 5.75 Å². The molecule has 154 valence electrons. The van der Waals surface area contributed by atoms with Gasteiger partial charge in [-0.3, -0.25) is 9.59 Å². The highest BCUT2D eigenvalue weighted by atomic mass is 32.2. The fourth-order valence-corrected chi connectivity index (χ4v) is 4.66. The number of rotatable bonds is 8. The first-order valence-electron chi connectivity index (χ1n) is 10.3. The normalized spacial score (nSPS) is 13.8. The van der Waals surface area contributed by atoms with Crippen molar-refractivity contribution in [1.82, 2.24) is 4.57 Å². The topological polar surface area (TPSA) is 51.1 Å². The Morgan fingerprint density at radius 2 is 1.90 bits per heavy atom. The molecular weight excluding hydrogens is 380 g/mol. The van der Waals surface area contributed by atoms with Gasteiger partial charge in [0, 0.05) is 41.0 Å². The van der Waals surface area contributed by atoms with Crippen LogP contribution >= 0.6 is 11.8 Å². The molecule has 0 spiro atoms. The Hall–Kier alpha value is -2.27. The molecule has 0 unspecified atom stereocenters. The fourth-order valence-electron chi connectivity index (χ4n) is 3.88. The molecule has 2 aromatic rings. The van der Waals surface area contributed by atoms with Crippen molar-refractivity contribution in [3.8, 4) is 0 Å². The van der Waals surface area contributed by atoms with Crippen LogP contribution in [0.25, 0.3) is 0 Å². The van der Waals surface area contributed by atoms with Crippen molar-refractivity contribution in [2.45, 2.75) is 64.3 Å². The predicted octanol–water partition coefficient (Wildman–Crippen LogP) is 5.93. The molecule has 1 aliphatic carbocycles. The quantitative estimate of drug-likeness (QED) is 0.333. The summed E-state index contributed by atoms with van der Waals surface area (Å²) in [6.45, 7) is 6.59. The molecule has 29 heavy (non-hydrogen) atoms. The Balaban J connectivity index is 1.59. The molecule has 0 fully saturated rings. The van der Waals surface area contributed by atoms with Crippen molar-refractivity contribution in [2.24, 2.45) is 0 Å². The van der Waals surface area contributed by atoms with E-state index >= 15 is 0 Å². The van der Waals surface area contributed by atoms with Crippen LogP contribution in [-0.2, 0) is 11.3 Å². The highest BCUT2D eigenvalue weighted by molar-refractivity contribution is 8.00. The van der Waals surface area contributed by atoms with E-state index in [4.69, 9.17) is 0 Å². The summed E-state index contributed by atoms with van der Waals surface area (Å²) in [6.07, 6.45) is 8.55. The van der Waals surface area contributed by atoms with Gasteiger partial charge < -0.3 is 9.88 Å². The van der Waals surface area contributed by atoms with Crippen molar-refractivity contribution in [2.75, 3.05) is 11.1 Å². The lowest BCUT2D eigenvalue weighted by molar-refractivity contribution is -0.114. The van der Waals surface area contributed by atoms with Crippen LogP contribution in [0.5, 0.6) is 0 Å². The number of allylic oxidation sites excluding steroid dienone is 2. The average molecular weight is 411 g/mol. The van der Waals surface area contributed by atoms with E-state index in [2.05, 4.69) is 29.8 Å². The van der Waals surface area contributed by atoms with E-state index in [9.17, 15) is 9.59 Å². The molecule has 0 radical (unpaired) electrons. The molecule has 1 amide bonds. The van der Waals surface area contributed by atoms with Gasteiger partial charge in [-0.2, -0.15) is 0 Å². The minimum atomic E-state index is -0.0873. The monoisotopic (exact) mass is 410 g/mol. The Kier molecular flexibility index (Phi) is 7.37. The Labute approximate surface area is 177 Å². The fraction of sp³-hybridized carbons (Fsp3) is 0.417. The van der Waals surface area contributed by atoms with Crippen molar-refractivity contribution >= 4 is 29.1 Å². The van der Waals surface area contributed by atoms with Crippen LogP contribution in [0.3, 0.4) is 0 Å². The van der Waals surface area contributed by atoms with E-state index in [0.29, 0.717) is 5.75 Å². The van der Waals surface area contributed by atoms with E-state index in [1.807, 2.05) is 30.3 Å². The lowest BCUT2D eigenvalue weighted by atomic mass is 9.97. The largest absolute Gasteiger partial charge is 0.348 e. The molecule has 0 saturated heterocycles. The first kappa shape index (κ1) is 21.4. The van der Waals surface area contributed by atoms with Crippen LogP contribution < -0.4 is 5.32 Å². The lowest BCUT2D eigenvalue weighted by Crippen LogP contribution is -2.08. The van der Waals surface area contributed by atoms with E-state index in [0.717, 1.165) is 40.5 Å². The SMILES string of the molecule is CC(=O)Nc1ccc(SCC(=O)c2cc(C)n(CCC3=CCCCC3)c2C)cc1. The third kappa shape index (κ3) is 5.86. The summed E-state index contributed by atoms with van der Waals surface area (Å²) >= 11 is 1.53. The second-order valence-electron chi connectivity index (χ2n) is 7.71. The number of Topliss-reactive ketones (excluding diaryl/α,β-unsaturated/α-hetero) is 1. The number of hydrogen-bond acceptors (Lipinski definition) is 3. The van der Waals surface area contributed by atoms with Gasteiger partial charge >= 0.3 is 0 Å². The highest BCUT2D eigenvalue weighted by Gasteiger charge is 2.16. The molecule has 0 saturated carbocycles. The molecule has 0 aliphatic heterocycles. The van der Waals surface area contributed by atoms with Crippen molar-refractivity contribution in [3.63, 3.8) is 0 Å². The number of carbonyl (C=O) groups is 2. The Morgan fingerprint density at radius 3 is 2.55 bits per heavy atom. The van der Waals surface area contributed by atoms with Crippen molar-refractivity contribution < 1.29 is 9.59 Å². The van der Waals surface area contributed by atoms with Crippen LogP contribution in [0.2, 0.25) is 0 Å². The smallest absolute Gasteiger partial charge is 0.221 e. The van der Waals surface area contributed by atoms with E-state index in [1.54, 1.807) is 5.57 Å². The summed E-state index contributed by atoms with van der Waals surface area (Å²) < 4.78 is 2.29. The maximum Gasteiger partial charge on any atom is 0.221 e. The van der Waals surface area contributed by atoms with Crippen LogP contribution in [0.4, 0.5) is 5.69 Å². The molecule has 1 N–H and O–H groups in total. The number of aromatic nitrogens is 1. The zero-order chi connectivity index (χ0) is 20.8. The van der Waals surface area contributed by atoms with Gasteiger partial charge in [-0.1, -0.05) is 11.6 Å². The molecule has 4 nitrogen and oxygen atoms in total. The van der Waals surface area contributed by atoms with Crippen molar-refractivity contribution in [1.29, 1.82) is 0 Å². The summed E-state index contributed by atoms with van der Waals surface area (Å²) in [5.41, 5.74) is 5.40. The zero-order valence-corrected chi connectivity index (χ0v) is 18.4. The molecule has 5 heteroatoms. The minimum absolute atomic E-state index is 0.0873. The summed E-state index contributed by atoms with van der Waals surface area (Å²) in [4.78, 5) is 24.9. The minimum Gasteiger partial charge on any atom is -0.348 e. The number of nitrogens with zero attached hydrogens (tertiary/aromatic N) is 1. The molecule has 1 aromatic heterocycles. The summed E-state index contributed by atoms with van der Waals surface area (Å²) in [5, 5.41) is 2.75. The maximum atomic E-state index is 12.8. The number of carbonyl (C=O) groups excluding carboxylic acids is 2. The Bertz CT molecular complexity index is 910. The maximum absolute atomic E-state index is 12.8. The van der Waals surface area contributed by atoms with Crippen LogP contribution in [0, 0.1) is 13.8 Å². The van der Waals surface area contributed by atoms with Crippen LogP contribution in [0.1, 0.15) is 60.8 Å². The van der Waals surface area contributed by atoms with E-state index in [-0.39, 0.29) is 11.7 Å². The Morgan fingerprint density at radius 1 is 1.14 bits per heavy atom. The summed E-state index contributed by atoms with van der Waals surface area (Å²) in [5.74, 6) is 0.488. The molecule has 1 aromatic carbocycles. The number of anilines is 1. The van der Waals surface area contributed by atoms with Crippen LogP contribution in [0.15, 0.2) is 46.9 Å². The number of hydrogen-bond donors (Lipinski definition) is 1. The molecule has 1 aliphatic rings. The second-order valence-corrected chi connectivity index (χ2v) is 8.76. The van der Waals surface area contributed by atoms with Gasteiger partial charge in [-0.15, -0.1) is 11.8 Å². The molecule has 3 rings (SSSR count). The molecule has 1 heterocycles. The highest BCUT2D eigenvalue weighted by Crippen LogP contribution is 2.25. The van der Waals surface area contributed by atoms with Crippen molar-refractivity contribution in [3.05, 3.63) is 58.9 Å². The van der Waals surface area contributed by atoms with E-state index < -0.39 is 0 Å². The predicted molar refractivity (Wildman–Crippen MR) is 121 cm³/mol. The van der Waals surface area contributed by atoms with Gasteiger partial charge in [-0.25, -0.2) is 0 Å². The first-order valence-corrected chi connectivity index (χ1v) is 11.3. The number of thioether (sulfide) groups is 1. The first-order chi connectivity index (χ1) is 13.9. The van der Waals surface area contributed by atoms with Gasteiger partial charge in [0.2, 0.25) is 5.91 Å². The van der Waals surface area contributed by atoms with E-state index in [1.165, 1.54) is 44.4 Å². The number of aryl methyl sites for hydroxylation is 1. The second kappa shape index (κ2) is 9.97. The zero-order valence-electron chi connectivity index (χ0n) is 17.6. The number of amides is 1. The third-order valence-corrected chi connectivity index (χ3v) is 6.47. The van der Waals surface area contributed by atoms with Crippen LogP contribution in [-0.4, -0.2) is 22.0 Å². The van der Waals surface area contributed by atoms with Gasteiger partial charge in [-0.05, 0) is 76.3 Å². The lowest BCUT2D eigenvalue weighted by Gasteiger charge is -2.15. The number of nitrogens with one attached hydrogen (secondary N) is 1. The van der Waals surface area contributed by atoms with Gasteiger partial charge in [0.25, 0.3) is 0 Å². The summed E-state index contributed by atoms with van der Waals surface area (Å²) in [6, 6.07) is 9.63. The number of benzene rings is 1. The molecule has 0 bridgehead atoms. The van der Waals surface area contributed by atoms with Gasteiger partial charge in [0.1, 0.15) is 0 Å². The summed E-state index contributed by atoms with van der Waals surface area (Å²) in [7, 11) is 0. The average Bonchev–Trinajstić information content (AvgIpc) is 2.99. The number of ketones is 1. The molecular formula is C24H30N2O2S. The third-order valence-electron chi connectivity index (χ3n) is 5.46. The molecule has 0 atom stereocenters.